The number of imidazole rings is 1. The summed E-state index contributed by atoms with van der Waals surface area (Å²) in [6.45, 7) is 1.97. The first kappa shape index (κ1) is 12.1. The van der Waals surface area contributed by atoms with Crippen molar-refractivity contribution >= 4 is 11.7 Å². The van der Waals surface area contributed by atoms with Crippen LogP contribution in [0.1, 0.15) is 35.6 Å². The van der Waals surface area contributed by atoms with Gasteiger partial charge in [-0.25, -0.2) is 9.97 Å². The lowest BCUT2D eigenvalue weighted by atomic mass is 10.2. The SMILES string of the molecule is CCC(NC(=O)c1cccnc1N)c1ncc[nH]1. The molecule has 1 atom stereocenters. The third kappa shape index (κ3) is 2.48. The molecule has 1 unspecified atom stereocenters. The molecule has 2 heterocycles. The van der Waals surface area contributed by atoms with Gasteiger partial charge in [0.25, 0.3) is 5.91 Å². The van der Waals surface area contributed by atoms with Gasteiger partial charge in [-0.2, -0.15) is 0 Å². The number of amides is 1. The van der Waals surface area contributed by atoms with Crippen molar-refractivity contribution < 1.29 is 4.79 Å². The maximum atomic E-state index is 12.1. The Kier molecular flexibility index (Phi) is 3.57. The molecule has 18 heavy (non-hydrogen) atoms. The molecular formula is C12H15N5O. The minimum absolute atomic E-state index is 0.160. The molecule has 0 fully saturated rings. The second kappa shape index (κ2) is 5.31. The van der Waals surface area contributed by atoms with Crippen LogP contribution in [0.3, 0.4) is 0 Å². The van der Waals surface area contributed by atoms with E-state index >= 15 is 0 Å². The van der Waals surface area contributed by atoms with Crippen LogP contribution >= 0.6 is 0 Å². The molecule has 2 aromatic heterocycles. The molecule has 0 saturated carbocycles. The molecule has 2 rings (SSSR count). The van der Waals surface area contributed by atoms with E-state index < -0.39 is 0 Å². The zero-order chi connectivity index (χ0) is 13.0. The van der Waals surface area contributed by atoms with Crippen molar-refractivity contribution in [2.75, 3.05) is 5.73 Å². The van der Waals surface area contributed by atoms with Gasteiger partial charge in [0.15, 0.2) is 0 Å². The van der Waals surface area contributed by atoms with Gasteiger partial charge in [0.2, 0.25) is 0 Å². The zero-order valence-corrected chi connectivity index (χ0v) is 10.1. The third-order valence-corrected chi connectivity index (χ3v) is 2.65. The fraction of sp³-hybridized carbons (Fsp3) is 0.250. The fourth-order valence-electron chi connectivity index (χ4n) is 1.68. The first-order valence-electron chi connectivity index (χ1n) is 5.73. The Bertz CT molecular complexity index is 523. The van der Waals surface area contributed by atoms with Crippen molar-refractivity contribution in [1.82, 2.24) is 20.3 Å². The Morgan fingerprint density at radius 2 is 2.33 bits per heavy atom. The molecule has 94 valence electrons. The predicted molar refractivity (Wildman–Crippen MR) is 67.7 cm³/mol. The summed E-state index contributed by atoms with van der Waals surface area (Å²) in [5, 5.41) is 2.87. The van der Waals surface area contributed by atoms with Crippen molar-refractivity contribution in [3.05, 3.63) is 42.1 Å². The van der Waals surface area contributed by atoms with Crippen molar-refractivity contribution in [3.63, 3.8) is 0 Å². The largest absolute Gasteiger partial charge is 0.383 e. The number of hydrogen-bond donors (Lipinski definition) is 3. The molecule has 6 heteroatoms. The number of carbonyl (C=O) groups is 1. The highest BCUT2D eigenvalue weighted by molar-refractivity contribution is 5.98. The number of nitrogens with two attached hydrogens (primary N) is 1. The number of carbonyl (C=O) groups excluding carboxylic acids is 1. The summed E-state index contributed by atoms with van der Waals surface area (Å²) in [6, 6.07) is 3.16. The van der Waals surface area contributed by atoms with Crippen molar-refractivity contribution in [2.24, 2.45) is 0 Å². The van der Waals surface area contributed by atoms with Crippen LogP contribution in [-0.2, 0) is 0 Å². The molecule has 1 amide bonds. The van der Waals surface area contributed by atoms with Crippen LogP contribution in [0.15, 0.2) is 30.7 Å². The third-order valence-electron chi connectivity index (χ3n) is 2.65. The highest BCUT2D eigenvalue weighted by Crippen LogP contribution is 2.14. The average Bonchev–Trinajstić information content (AvgIpc) is 2.90. The number of rotatable bonds is 4. The van der Waals surface area contributed by atoms with Crippen LogP contribution in [0, 0.1) is 0 Å². The number of anilines is 1. The highest BCUT2D eigenvalue weighted by atomic mass is 16.1. The molecular weight excluding hydrogens is 230 g/mol. The summed E-state index contributed by atoms with van der Waals surface area (Å²) < 4.78 is 0. The first-order valence-corrected chi connectivity index (χ1v) is 5.73. The lowest BCUT2D eigenvalue weighted by Crippen LogP contribution is -2.29. The summed E-state index contributed by atoms with van der Waals surface area (Å²) in [4.78, 5) is 23.1. The summed E-state index contributed by atoms with van der Waals surface area (Å²) in [5.41, 5.74) is 6.04. The topological polar surface area (TPSA) is 96.7 Å². The van der Waals surface area contributed by atoms with Gasteiger partial charge in [0.05, 0.1) is 11.6 Å². The molecule has 0 aliphatic rings. The van der Waals surface area contributed by atoms with E-state index in [1.807, 2.05) is 6.92 Å². The second-order valence-corrected chi connectivity index (χ2v) is 3.84. The molecule has 0 aliphatic heterocycles. The number of aromatic amines is 1. The maximum absolute atomic E-state index is 12.1. The van der Waals surface area contributed by atoms with Gasteiger partial charge >= 0.3 is 0 Å². The molecule has 0 radical (unpaired) electrons. The lowest BCUT2D eigenvalue weighted by Gasteiger charge is -2.15. The molecule has 0 spiro atoms. The van der Waals surface area contributed by atoms with E-state index in [2.05, 4.69) is 20.3 Å². The summed E-state index contributed by atoms with van der Waals surface area (Å²) in [7, 11) is 0. The van der Waals surface area contributed by atoms with Gasteiger partial charge in [0, 0.05) is 18.6 Å². The van der Waals surface area contributed by atoms with Crippen LogP contribution < -0.4 is 11.1 Å². The highest BCUT2D eigenvalue weighted by Gasteiger charge is 2.17. The van der Waals surface area contributed by atoms with E-state index in [4.69, 9.17) is 5.73 Å². The van der Waals surface area contributed by atoms with Crippen LogP contribution in [0.5, 0.6) is 0 Å². The lowest BCUT2D eigenvalue weighted by molar-refractivity contribution is 0.0934. The maximum Gasteiger partial charge on any atom is 0.255 e. The number of pyridine rings is 1. The summed E-state index contributed by atoms with van der Waals surface area (Å²) in [6.07, 6.45) is 5.67. The van der Waals surface area contributed by atoms with Gasteiger partial charge in [-0.3, -0.25) is 4.79 Å². The van der Waals surface area contributed by atoms with Crippen molar-refractivity contribution in [3.8, 4) is 0 Å². The van der Waals surface area contributed by atoms with Gasteiger partial charge in [0.1, 0.15) is 11.6 Å². The second-order valence-electron chi connectivity index (χ2n) is 3.84. The van der Waals surface area contributed by atoms with E-state index in [-0.39, 0.29) is 17.8 Å². The van der Waals surface area contributed by atoms with Crippen LogP contribution in [0.25, 0.3) is 0 Å². The summed E-state index contributed by atoms with van der Waals surface area (Å²) in [5.74, 6) is 0.710. The van der Waals surface area contributed by atoms with Gasteiger partial charge in [-0.15, -0.1) is 0 Å². The molecule has 2 aromatic rings. The fourth-order valence-corrected chi connectivity index (χ4v) is 1.68. The number of nitrogen functional groups attached to an aromatic ring is 1. The number of aromatic nitrogens is 3. The Balaban J connectivity index is 2.14. The molecule has 0 aliphatic carbocycles. The normalized spacial score (nSPS) is 12.1. The van der Waals surface area contributed by atoms with Crippen molar-refractivity contribution in [2.45, 2.75) is 19.4 Å². The van der Waals surface area contributed by atoms with E-state index in [0.717, 1.165) is 12.2 Å². The standard InChI is InChI=1S/C12H15N5O/c1-2-9(11-15-6-7-16-11)17-12(18)8-4-3-5-14-10(8)13/h3-7,9H,2H2,1H3,(H2,13,14)(H,15,16)(H,17,18). The molecule has 0 bridgehead atoms. The van der Waals surface area contributed by atoms with E-state index in [1.54, 1.807) is 30.7 Å². The Labute approximate surface area is 105 Å². The minimum atomic E-state index is -0.246. The molecule has 6 nitrogen and oxygen atoms in total. The Morgan fingerprint density at radius 1 is 1.50 bits per heavy atom. The average molecular weight is 245 g/mol. The van der Waals surface area contributed by atoms with Gasteiger partial charge in [-0.1, -0.05) is 6.92 Å². The first-order chi connectivity index (χ1) is 8.72. The van der Waals surface area contributed by atoms with E-state index in [0.29, 0.717) is 5.56 Å². The van der Waals surface area contributed by atoms with E-state index in [9.17, 15) is 4.79 Å². The predicted octanol–water partition coefficient (Wildman–Crippen LogP) is 1.27. The molecule has 0 saturated heterocycles. The number of H-pyrrole nitrogens is 1. The van der Waals surface area contributed by atoms with E-state index in [1.165, 1.54) is 0 Å². The van der Waals surface area contributed by atoms with Crippen LogP contribution in [0.4, 0.5) is 5.82 Å². The number of hydrogen-bond acceptors (Lipinski definition) is 4. The number of nitrogens with zero attached hydrogens (tertiary/aromatic N) is 2. The quantitative estimate of drug-likeness (QED) is 0.755. The van der Waals surface area contributed by atoms with Crippen LogP contribution in [0.2, 0.25) is 0 Å². The smallest absolute Gasteiger partial charge is 0.255 e. The van der Waals surface area contributed by atoms with Gasteiger partial charge in [-0.05, 0) is 18.6 Å². The van der Waals surface area contributed by atoms with Gasteiger partial charge < -0.3 is 16.0 Å². The zero-order valence-electron chi connectivity index (χ0n) is 10.1. The Hall–Kier alpha value is -2.37. The van der Waals surface area contributed by atoms with Crippen molar-refractivity contribution in [1.29, 1.82) is 0 Å². The Morgan fingerprint density at radius 3 is 2.94 bits per heavy atom. The molecule has 4 N–H and O–H groups in total. The monoisotopic (exact) mass is 245 g/mol. The molecule has 0 aromatic carbocycles. The van der Waals surface area contributed by atoms with Crippen LogP contribution in [-0.4, -0.2) is 20.9 Å². The number of nitrogens with one attached hydrogen (secondary N) is 2. The minimum Gasteiger partial charge on any atom is -0.383 e. The summed E-state index contributed by atoms with van der Waals surface area (Å²) >= 11 is 0.